The molecule has 0 aromatic heterocycles. The Morgan fingerprint density at radius 3 is 1.93 bits per heavy atom. The van der Waals surface area contributed by atoms with E-state index in [9.17, 15) is 0 Å². The van der Waals surface area contributed by atoms with Gasteiger partial charge in [-0.3, -0.25) is 4.99 Å². The summed E-state index contributed by atoms with van der Waals surface area (Å²) in [6.07, 6.45) is 11.4. The highest BCUT2D eigenvalue weighted by molar-refractivity contribution is 5.84. The molecule has 1 saturated carbocycles. The zero-order valence-electron chi connectivity index (χ0n) is 26.4. The van der Waals surface area contributed by atoms with Crippen molar-refractivity contribution in [2.24, 2.45) is 4.99 Å². The van der Waals surface area contributed by atoms with Crippen LogP contribution in [0, 0.1) is 6.92 Å². The van der Waals surface area contributed by atoms with Crippen molar-refractivity contribution < 1.29 is 0 Å². The van der Waals surface area contributed by atoms with Gasteiger partial charge >= 0.3 is 0 Å². The molecule has 0 unspecified atom stereocenters. The van der Waals surface area contributed by atoms with Crippen LogP contribution in [0.15, 0.2) is 125 Å². The van der Waals surface area contributed by atoms with Crippen LogP contribution in [0.25, 0.3) is 5.57 Å². The first-order valence-corrected chi connectivity index (χ1v) is 15.1. The lowest BCUT2D eigenvalue weighted by Gasteiger charge is -2.14. The molecule has 0 radical (unpaired) electrons. The monoisotopic (exact) mass is 543 g/mol. The zero-order chi connectivity index (χ0) is 29.8. The molecule has 1 heteroatoms. The third-order valence-corrected chi connectivity index (χ3v) is 8.18. The Kier molecular flexibility index (Phi) is 11.9. The van der Waals surface area contributed by atoms with Crippen molar-refractivity contribution in [2.75, 3.05) is 6.54 Å². The Balaban J connectivity index is 0.000000181. The van der Waals surface area contributed by atoms with Crippen molar-refractivity contribution in [3.63, 3.8) is 0 Å². The summed E-state index contributed by atoms with van der Waals surface area (Å²) in [6, 6.07) is 28.0. The second-order valence-corrected chi connectivity index (χ2v) is 11.5. The van der Waals surface area contributed by atoms with Gasteiger partial charge in [0.2, 0.25) is 0 Å². The molecule has 0 amide bonds. The van der Waals surface area contributed by atoms with E-state index >= 15 is 0 Å². The number of aryl methyl sites for hydroxylation is 3. The minimum atomic E-state index is 0.348. The van der Waals surface area contributed by atoms with Gasteiger partial charge in [0.05, 0.1) is 6.54 Å². The molecule has 0 bridgehead atoms. The molecular formula is C40H49N. The second kappa shape index (κ2) is 15.3. The van der Waals surface area contributed by atoms with Gasteiger partial charge in [0.15, 0.2) is 0 Å². The summed E-state index contributed by atoms with van der Waals surface area (Å²) in [5.41, 5.74) is 13.7. The Bertz CT molecular complexity index is 1410. The minimum absolute atomic E-state index is 0.348. The van der Waals surface area contributed by atoms with Crippen LogP contribution in [0.5, 0.6) is 0 Å². The number of aliphatic imine (C=N–C) groups is 1. The largest absolute Gasteiger partial charge is 0.288 e. The van der Waals surface area contributed by atoms with E-state index in [1.807, 2.05) is 6.21 Å². The number of hydrogen-bond donors (Lipinski definition) is 0. The molecule has 1 heterocycles. The standard InChI is InChI=1S/C18H21N.C12H14.C10H14/c1-13-9-17(18-8-6-5-7-14(18)2)10-15(3)16(4)12-19-11-13;1-10(2)12(8-9-12)11-6-4-3-5-7-11;1-3-9-6-5-7-10(4-2)8-9/h5-10,12H,11H2,1-4H3;3-7H,1,8-9H2,2H3;5-8H,3-4H2,1-2H3/b13-9-,16-15+,17-10+,19-12?;;. The van der Waals surface area contributed by atoms with E-state index < -0.39 is 0 Å². The third kappa shape index (κ3) is 9.15. The fourth-order valence-corrected chi connectivity index (χ4v) is 5.09. The average molecular weight is 544 g/mol. The maximum Gasteiger partial charge on any atom is 0.0600 e. The molecule has 1 aliphatic heterocycles. The van der Waals surface area contributed by atoms with E-state index in [1.54, 1.807) is 0 Å². The van der Waals surface area contributed by atoms with Crippen LogP contribution in [0.2, 0.25) is 0 Å². The SMILES string of the molecule is C/C1=C/C(c2ccccc2C)=C\C(C)=C(/C)C=NC1.C=C(C)C1(c2ccccc2)CC1.CCc1cccc(CC)c1. The molecule has 3 aromatic rings. The van der Waals surface area contributed by atoms with E-state index in [0.717, 1.165) is 19.4 Å². The van der Waals surface area contributed by atoms with E-state index in [-0.39, 0.29) is 0 Å². The predicted molar refractivity (Wildman–Crippen MR) is 182 cm³/mol. The van der Waals surface area contributed by atoms with Crippen LogP contribution in [0.1, 0.15) is 82.2 Å². The lowest BCUT2D eigenvalue weighted by Crippen LogP contribution is -2.06. The van der Waals surface area contributed by atoms with Crippen LogP contribution in [-0.2, 0) is 18.3 Å². The maximum atomic E-state index is 4.47. The second-order valence-electron chi connectivity index (χ2n) is 11.5. The van der Waals surface area contributed by atoms with Gasteiger partial charge in [0, 0.05) is 11.6 Å². The van der Waals surface area contributed by atoms with Crippen molar-refractivity contribution in [3.05, 3.63) is 148 Å². The molecule has 0 atom stereocenters. The fraction of sp³-hybridized carbons (Fsp3) is 0.325. The van der Waals surface area contributed by atoms with E-state index in [0.29, 0.717) is 5.41 Å². The number of nitrogens with zero attached hydrogens (tertiary/aromatic N) is 1. The van der Waals surface area contributed by atoms with Gasteiger partial charge in [-0.1, -0.05) is 123 Å². The fourth-order valence-electron chi connectivity index (χ4n) is 5.09. The molecule has 0 N–H and O–H groups in total. The number of benzene rings is 3. The van der Waals surface area contributed by atoms with Gasteiger partial charge in [-0.05, 0) is 105 Å². The van der Waals surface area contributed by atoms with Crippen LogP contribution in [-0.4, -0.2) is 12.8 Å². The molecule has 41 heavy (non-hydrogen) atoms. The molecule has 0 spiro atoms. The first kappa shape index (κ1) is 31.8. The van der Waals surface area contributed by atoms with Crippen LogP contribution >= 0.6 is 0 Å². The van der Waals surface area contributed by atoms with Crippen molar-refractivity contribution in [1.82, 2.24) is 0 Å². The summed E-state index contributed by atoms with van der Waals surface area (Å²) in [6.45, 7) is 19.9. The van der Waals surface area contributed by atoms with Gasteiger partial charge < -0.3 is 0 Å². The first-order valence-electron chi connectivity index (χ1n) is 15.1. The highest BCUT2D eigenvalue weighted by atomic mass is 14.7. The molecule has 3 aromatic carbocycles. The number of hydrogen-bond acceptors (Lipinski definition) is 1. The van der Waals surface area contributed by atoms with E-state index in [1.165, 1.54) is 68.5 Å². The third-order valence-electron chi connectivity index (χ3n) is 8.18. The Morgan fingerprint density at radius 2 is 1.37 bits per heavy atom. The number of rotatable bonds is 5. The topological polar surface area (TPSA) is 12.4 Å². The summed E-state index contributed by atoms with van der Waals surface area (Å²) in [5, 5.41) is 0. The van der Waals surface area contributed by atoms with Gasteiger partial charge in [0.1, 0.15) is 0 Å². The van der Waals surface area contributed by atoms with Crippen LogP contribution in [0.3, 0.4) is 0 Å². The molecule has 1 fully saturated rings. The highest BCUT2D eigenvalue weighted by Crippen LogP contribution is 2.52. The average Bonchev–Trinajstić information content (AvgIpc) is 3.80. The molecule has 1 aliphatic carbocycles. The van der Waals surface area contributed by atoms with Crippen LogP contribution in [0.4, 0.5) is 0 Å². The normalized spacial score (nSPS) is 19.8. The molecule has 0 saturated heterocycles. The van der Waals surface area contributed by atoms with Gasteiger partial charge in [-0.2, -0.15) is 0 Å². The highest BCUT2D eigenvalue weighted by Gasteiger charge is 2.44. The number of allylic oxidation sites excluding steroid dienone is 6. The minimum Gasteiger partial charge on any atom is -0.288 e. The Labute approximate surface area is 250 Å². The Hall–Kier alpha value is -3.71. The quantitative estimate of drug-likeness (QED) is 0.284. The molecule has 5 rings (SSSR count). The lowest BCUT2D eigenvalue weighted by molar-refractivity contribution is 0.825. The van der Waals surface area contributed by atoms with Gasteiger partial charge in [-0.15, -0.1) is 0 Å². The lowest BCUT2D eigenvalue weighted by atomic mass is 9.90. The molecule has 1 nitrogen and oxygen atoms in total. The molecule has 214 valence electrons. The summed E-state index contributed by atoms with van der Waals surface area (Å²) >= 11 is 0. The first-order chi connectivity index (χ1) is 19.7. The molecular weight excluding hydrogens is 494 g/mol. The van der Waals surface area contributed by atoms with E-state index in [4.69, 9.17) is 0 Å². The summed E-state index contributed by atoms with van der Waals surface area (Å²) in [7, 11) is 0. The van der Waals surface area contributed by atoms with Crippen molar-refractivity contribution in [1.29, 1.82) is 0 Å². The van der Waals surface area contributed by atoms with Crippen molar-refractivity contribution in [2.45, 2.75) is 79.6 Å². The van der Waals surface area contributed by atoms with Crippen LogP contribution < -0.4 is 0 Å². The van der Waals surface area contributed by atoms with Crippen molar-refractivity contribution >= 4 is 11.8 Å². The van der Waals surface area contributed by atoms with Gasteiger partial charge in [0.25, 0.3) is 0 Å². The zero-order valence-corrected chi connectivity index (χ0v) is 26.4. The van der Waals surface area contributed by atoms with Gasteiger partial charge in [-0.25, -0.2) is 0 Å². The van der Waals surface area contributed by atoms with Crippen molar-refractivity contribution in [3.8, 4) is 0 Å². The smallest absolute Gasteiger partial charge is 0.0600 e. The Morgan fingerprint density at radius 1 is 0.756 bits per heavy atom. The predicted octanol–water partition coefficient (Wildman–Crippen LogP) is 10.9. The summed E-state index contributed by atoms with van der Waals surface area (Å²) < 4.78 is 0. The summed E-state index contributed by atoms with van der Waals surface area (Å²) in [5.74, 6) is 0. The molecule has 2 aliphatic rings. The summed E-state index contributed by atoms with van der Waals surface area (Å²) in [4.78, 5) is 4.47. The van der Waals surface area contributed by atoms with E-state index in [2.05, 4.69) is 151 Å². The maximum absolute atomic E-state index is 4.47.